The molecule has 0 aliphatic carbocycles. The zero-order valence-electron chi connectivity index (χ0n) is 16.4. The Labute approximate surface area is 161 Å². The molecule has 0 atom stereocenters. The number of likely N-dealkylation sites (tertiary alicyclic amines) is 1. The van der Waals surface area contributed by atoms with Crippen LogP contribution in [-0.2, 0) is 10.2 Å². The summed E-state index contributed by atoms with van der Waals surface area (Å²) in [7, 11) is 0. The number of amides is 1. The molecular weight excluding hydrogens is 348 g/mol. The summed E-state index contributed by atoms with van der Waals surface area (Å²) >= 11 is 1.78. The normalized spacial score (nSPS) is 16.5. The monoisotopic (exact) mass is 380 g/mol. The molecular formula is C19H32N4O2S. The van der Waals surface area contributed by atoms with Crippen molar-refractivity contribution in [3.05, 3.63) is 22.4 Å². The van der Waals surface area contributed by atoms with Gasteiger partial charge in [-0.05, 0) is 38.1 Å². The highest BCUT2D eigenvalue weighted by Crippen LogP contribution is 2.27. The minimum absolute atomic E-state index is 0.0177. The summed E-state index contributed by atoms with van der Waals surface area (Å²) in [6.07, 6.45) is 1.60. The number of nitrogens with one attached hydrogen (secondary N) is 2. The van der Waals surface area contributed by atoms with Crippen LogP contribution in [0.2, 0.25) is 0 Å². The van der Waals surface area contributed by atoms with Crippen LogP contribution < -0.4 is 10.6 Å². The van der Waals surface area contributed by atoms with Gasteiger partial charge in [0.15, 0.2) is 5.96 Å². The topological polar surface area (TPSA) is 66.0 Å². The molecule has 6 nitrogen and oxygen atoms in total. The Hall–Kier alpha value is -1.76. The third-order valence-corrected chi connectivity index (χ3v) is 5.76. The van der Waals surface area contributed by atoms with E-state index in [0.717, 1.165) is 45.0 Å². The number of carbonyl (C=O) groups excluding carboxylic acids is 1. The van der Waals surface area contributed by atoms with Gasteiger partial charge in [-0.2, -0.15) is 0 Å². The van der Waals surface area contributed by atoms with E-state index in [9.17, 15) is 4.79 Å². The van der Waals surface area contributed by atoms with Crippen molar-refractivity contribution >= 4 is 23.4 Å². The van der Waals surface area contributed by atoms with Crippen LogP contribution in [0.1, 0.15) is 45.4 Å². The molecule has 0 saturated carbocycles. The van der Waals surface area contributed by atoms with Gasteiger partial charge in [0.1, 0.15) is 0 Å². The minimum atomic E-state index is -0.204. The largest absolute Gasteiger partial charge is 0.450 e. The van der Waals surface area contributed by atoms with Crippen molar-refractivity contribution in [1.29, 1.82) is 0 Å². The third-order valence-electron chi connectivity index (χ3n) is 4.53. The fourth-order valence-corrected chi connectivity index (χ4v) is 3.80. The highest BCUT2D eigenvalue weighted by Gasteiger charge is 2.25. The van der Waals surface area contributed by atoms with Crippen LogP contribution in [0.15, 0.2) is 22.5 Å². The van der Waals surface area contributed by atoms with Gasteiger partial charge < -0.3 is 20.3 Å². The lowest BCUT2D eigenvalue weighted by Crippen LogP contribution is -2.50. The number of ether oxygens (including phenoxy) is 1. The van der Waals surface area contributed by atoms with Gasteiger partial charge in [-0.15, -0.1) is 11.3 Å². The van der Waals surface area contributed by atoms with E-state index in [-0.39, 0.29) is 11.5 Å². The molecule has 1 aliphatic rings. The van der Waals surface area contributed by atoms with Crippen LogP contribution >= 0.6 is 11.3 Å². The Bertz CT molecular complexity index is 578. The van der Waals surface area contributed by atoms with E-state index in [1.807, 2.05) is 6.92 Å². The summed E-state index contributed by atoms with van der Waals surface area (Å²) in [5.41, 5.74) is 0.0177. The number of nitrogens with zero attached hydrogens (tertiary/aromatic N) is 2. The smallest absolute Gasteiger partial charge is 0.409 e. The summed E-state index contributed by atoms with van der Waals surface area (Å²) in [5, 5.41) is 8.98. The number of piperidine rings is 1. The molecule has 0 unspecified atom stereocenters. The lowest BCUT2D eigenvalue weighted by molar-refractivity contribution is 0.0963. The number of aliphatic imine (C=N–C) groups is 1. The molecule has 1 aliphatic heterocycles. The average molecular weight is 381 g/mol. The highest BCUT2D eigenvalue weighted by atomic mass is 32.1. The van der Waals surface area contributed by atoms with Gasteiger partial charge >= 0.3 is 6.09 Å². The summed E-state index contributed by atoms with van der Waals surface area (Å²) in [5.74, 6) is 0.853. The Morgan fingerprint density at radius 3 is 2.69 bits per heavy atom. The van der Waals surface area contributed by atoms with Gasteiger partial charge in [0.2, 0.25) is 0 Å². The molecule has 1 aromatic heterocycles. The standard InChI is InChI=1S/C19H32N4O2S/c1-5-20-17(21-14-19(3,4)16-8-7-13-26-16)22-15-9-11-23(12-10-15)18(24)25-6-2/h7-8,13,15H,5-6,9-12,14H2,1-4H3,(H2,20,21,22). The molecule has 0 spiro atoms. The molecule has 2 heterocycles. The van der Waals surface area contributed by atoms with Crippen molar-refractivity contribution in [1.82, 2.24) is 15.5 Å². The maximum absolute atomic E-state index is 11.8. The van der Waals surface area contributed by atoms with E-state index < -0.39 is 0 Å². The van der Waals surface area contributed by atoms with Crippen LogP contribution in [0.3, 0.4) is 0 Å². The summed E-state index contributed by atoms with van der Waals surface area (Å²) in [6, 6.07) is 4.58. The second-order valence-corrected chi connectivity index (χ2v) is 8.11. The fraction of sp³-hybridized carbons (Fsp3) is 0.684. The molecule has 2 N–H and O–H groups in total. The zero-order chi connectivity index (χ0) is 19.0. The third kappa shape index (κ3) is 5.90. The van der Waals surface area contributed by atoms with Gasteiger partial charge in [0.05, 0.1) is 13.2 Å². The van der Waals surface area contributed by atoms with Gasteiger partial charge in [0, 0.05) is 36.0 Å². The first-order valence-electron chi connectivity index (χ1n) is 9.46. The summed E-state index contributed by atoms with van der Waals surface area (Å²) in [6.45, 7) is 11.8. The van der Waals surface area contributed by atoms with Gasteiger partial charge in [-0.1, -0.05) is 19.9 Å². The molecule has 1 aromatic rings. The second kappa shape index (κ2) is 9.80. The Morgan fingerprint density at radius 2 is 2.12 bits per heavy atom. The van der Waals surface area contributed by atoms with E-state index in [2.05, 4.69) is 48.9 Å². The Balaban J connectivity index is 1.89. The fourth-order valence-electron chi connectivity index (χ4n) is 2.95. The summed E-state index contributed by atoms with van der Waals surface area (Å²) < 4.78 is 5.08. The first-order valence-corrected chi connectivity index (χ1v) is 10.3. The number of hydrogen-bond acceptors (Lipinski definition) is 4. The second-order valence-electron chi connectivity index (χ2n) is 7.16. The maximum atomic E-state index is 11.8. The molecule has 0 radical (unpaired) electrons. The summed E-state index contributed by atoms with van der Waals surface area (Å²) in [4.78, 5) is 19.7. The lowest BCUT2D eigenvalue weighted by atomic mass is 9.92. The van der Waals surface area contributed by atoms with Crippen molar-refractivity contribution in [2.24, 2.45) is 4.99 Å². The molecule has 0 aromatic carbocycles. The van der Waals surface area contributed by atoms with E-state index >= 15 is 0 Å². The van der Waals surface area contributed by atoms with Crippen molar-refractivity contribution in [3.8, 4) is 0 Å². The number of rotatable bonds is 6. The average Bonchev–Trinajstić information content (AvgIpc) is 3.16. The van der Waals surface area contributed by atoms with E-state index in [0.29, 0.717) is 12.6 Å². The van der Waals surface area contributed by atoms with Crippen LogP contribution in [0.25, 0.3) is 0 Å². The minimum Gasteiger partial charge on any atom is -0.450 e. The van der Waals surface area contributed by atoms with E-state index in [1.54, 1.807) is 16.2 Å². The predicted molar refractivity (Wildman–Crippen MR) is 108 cm³/mol. The molecule has 2 rings (SSSR count). The SMILES string of the molecule is CCNC(=NCC(C)(C)c1cccs1)NC1CCN(C(=O)OCC)CC1. The quantitative estimate of drug-likeness (QED) is 0.587. The van der Waals surface area contributed by atoms with Gasteiger partial charge in [0.25, 0.3) is 0 Å². The molecule has 26 heavy (non-hydrogen) atoms. The van der Waals surface area contributed by atoms with Crippen molar-refractivity contribution in [2.45, 2.75) is 52.0 Å². The number of hydrogen-bond donors (Lipinski definition) is 2. The van der Waals surface area contributed by atoms with Crippen LogP contribution in [0.4, 0.5) is 4.79 Å². The van der Waals surface area contributed by atoms with Crippen LogP contribution in [0, 0.1) is 0 Å². The Kier molecular flexibility index (Phi) is 7.75. The first-order chi connectivity index (χ1) is 12.5. The zero-order valence-corrected chi connectivity index (χ0v) is 17.2. The highest BCUT2D eigenvalue weighted by molar-refractivity contribution is 7.10. The molecule has 1 saturated heterocycles. The molecule has 1 amide bonds. The lowest BCUT2D eigenvalue weighted by Gasteiger charge is -2.32. The number of thiophene rings is 1. The van der Waals surface area contributed by atoms with Gasteiger partial charge in [-0.25, -0.2) is 4.79 Å². The molecule has 7 heteroatoms. The number of carbonyl (C=O) groups is 1. The van der Waals surface area contributed by atoms with Crippen LogP contribution in [-0.4, -0.2) is 55.8 Å². The number of guanidine groups is 1. The van der Waals surface area contributed by atoms with Crippen molar-refractivity contribution in [2.75, 3.05) is 32.8 Å². The molecule has 0 bridgehead atoms. The van der Waals surface area contributed by atoms with Crippen molar-refractivity contribution in [3.63, 3.8) is 0 Å². The van der Waals surface area contributed by atoms with Gasteiger partial charge in [-0.3, -0.25) is 4.99 Å². The first kappa shape index (κ1) is 20.6. The Morgan fingerprint density at radius 1 is 1.38 bits per heavy atom. The van der Waals surface area contributed by atoms with Crippen molar-refractivity contribution < 1.29 is 9.53 Å². The van der Waals surface area contributed by atoms with Crippen LogP contribution in [0.5, 0.6) is 0 Å². The predicted octanol–water partition coefficient (Wildman–Crippen LogP) is 3.20. The molecule has 146 valence electrons. The molecule has 1 fully saturated rings. The van der Waals surface area contributed by atoms with E-state index in [4.69, 9.17) is 9.73 Å². The maximum Gasteiger partial charge on any atom is 0.409 e. The van der Waals surface area contributed by atoms with E-state index in [1.165, 1.54) is 4.88 Å².